The van der Waals surface area contributed by atoms with Crippen LogP contribution in [0.15, 0.2) is 0 Å². The van der Waals surface area contributed by atoms with Gasteiger partial charge in [-0.25, -0.2) is 0 Å². The van der Waals surface area contributed by atoms with Crippen molar-refractivity contribution in [3.05, 3.63) is 0 Å². The van der Waals surface area contributed by atoms with Gasteiger partial charge in [-0.2, -0.15) is 0 Å². The molecule has 0 heterocycles. The van der Waals surface area contributed by atoms with Crippen molar-refractivity contribution in [3.63, 3.8) is 0 Å². The average Bonchev–Trinajstić information content (AvgIpc) is 3.17. The molecule has 2 rings (SSSR count). The topological polar surface area (TPSA) is 29.3 Å². The van der Waals surface area contributed by atoms with Crippen LogP contribution in [0.5, 0.6) is 0 Å². The van der Waals surface area contributed by atoms with Crippen molar-refractivity contribution in [3.8, 4) is 0 Å². The summed E-state index contributed by atoms with van der Waals surface area (Å²) in [7, 11) is 0. The lowest BCUT2D eigenvalue weighted by atomic mass is 9.90. The van der Waals surface area contributed by atoms with Gasteiger partial charge in [0.1, 0.15) is 0 Å². The molecule has 2 aliphatic carbocycles. The van der Waals surface area contributed by atoms with Gasteiger partial charge in [-0.3, -0.25) is 4.90 Å². The molecule has 0 aromatic heterocycles. The first kappa shape index (κ1) is 14.3. The van der Waals surface area contributed by atoms with Gasteiger partial charge < -0.3 is 5.73 Å². The first-order valence-corrected chi connectivity index (χ1v) is 8.29. The highest BCUT2D eigenvalue weighted by Gasteiger charge is 2.31. The van der Waals surface area contributed by atoms with Gasteiger partial charge in [-0.15, -0.1) is 0 Å². The summed E-state index contributed by atoms with van der Waals surface area (Å²) in [5.74, 6) is 1.87. The van der Waals surface area contributed by atoms with E-state index in [9.17, 15) is 0 Å². The van der Waals surface area contributed by atoms with Gasteiger partial charge in [0.15, 0.2) is 0 Å². The lowest BCUT2D eigenvalue weighted by Crippen LogP contribution is -2.46. The van der Waals surface area contributed by atoms with Crippen LogP contribution < -0.4 is 5.73 Å². The van der Waals surface area contributed by atoms with Crippen LogP contribution in [0.4, 0.5) is 0 Å². The molecule has 0 amide bonds. The third-order valence-electron chi connectivity index (χ3n) is 4.85. The second-order valence-corrected chi connectivity index (χ2v) is 6.49. The van der Waals surface area contributed by atoms with Crippen LogP contribution in [0, 0.1) is 11.8 Å². The normalized spacial score (nSPS) is 24.2. The van der Waals surface area contributed by atoms with E-state index in [0.29, 0.717) is 6.04 Å². The second-order valence-electron chi connectivity index (χ2n) is 6.49. The zero-order valence-electron chi connectivity index (χ0n) is 12.2. The molecule has 0 aromatic carbocycles. The fraction of sp³-hybridized carbons (Fsp3) is 1.00. The van der Waals surface area contributed by atoms with Crippen molar-refractivity contribution in [2.75, 3.05) is 19.6 Å². The molecule has 106 valence electrons. The van der Waals surface area contributed by atoms with Crippen LogP contribution in [-0.4, -0.2) is 30.6 Å². The molecular formula is C16H32N2. The third kappa shape index (κ3) is 4.24. The lowest BCUT2D eigenvalue weighted by molar-refractivity contribution is 0.130. The highest BCUT2D eigenvalue weighted by molar-refractivity contribution is 4.86. The van der Waals surface area contributed by atoms with Crippen molar-refractivity contribution in [2.24, 2.45) is 17.6 Å². The summed E-state index contributed by atoms with van der Waals surface area (Å²) in [5, 5.41) is 0. The van der Waals surface area contributed by atoms with Crippen molar-refractivity contribution < 1.29 is 0 Å². The summed E-state index contributed by atoms with van der Waals surface area (Å²) in [6.45, 7) is 5.76. The Morgan fingerprint density at radius 3 is 2.22 bits per heavy atom. The molecule has 0 aliphatic heterocycles. The molecule has 2 nitrogen and oxygen atoms in total. The Bertz CT molecular complexity index is 217. The SMILES string of the molecule is CCCN(CC1CC1)C(CN)C1CCCCCC1. The van der Waals surface area contributed by atoms with Crippen LogP contribution >= 0.6 is 0 Å². The lowest BCUT2D eigenvalue weighted by Gasteiger charge is -2.36. The molecule has 0 spiro atoms. The van der Waals surface area contributed by atoms with Crippen molar-refractivity contribution in [1.82, 2.24) is 4.90 Å². The molecule has 2 N–H and O–H groups in total. The smallest absolute Gasteiger partial charge is 0.0246 e. The minimum atomic E-state index is 0.670. The minimum absolute atomic E-state index is 0.670. The highest BCUT2D eigenvalue weighted by atomic mass is 15.2. The Morgan fingerprint density at radius 2 is 1.72 bits per heavy atom. The summed E-state index contributed by atoms with van der Waals surface area (Å²) in [6.07, 6.45) is 12.8. The molecular weight excluding hydrogens is 220 g/mol. The highest BCUT2D eigenvalue weighted by Crippen LogP contribution is 2.33. The fourth-order valence-electron chi connectivity index (χ4n) is 3.65. The quantitative estimate of drug-likeness (QED) is 0.704. The Kier molecular flexibility index (Phi) is 5.97. The molecule has 0 saturated heterocycles. The predicted molar refractivity (Wildman–Crippen MR) is 78.6 cm³/mol. The molecule has 2 aliphatic rings. The largest absolute Gasteiger partial charge is 0.329 e. The summed E-state index contributed by atoms with van der Waals surface area (Å²) < 4.78 is 0. The molecule has 0 aromatic rings. The van der Waals surface area contributed by atoms with Gasteiger partial charge in [-0.1, -0.05) is 32.6 Å². The zero-order valence-corrected chi connectivity index (χ0v) is 12.2. The third-order valence-corrected chi connectivity index (χ3v) is 4.85. The van der Waals surface area contributed by atoms with Crippen LogP contribution in [0.25, 0.3) is 0 Å². The number of rotatable bonds is 7. The summed E-state index contributed by atoms with van der Waals surface area (Å²) in [6, 6.07) is 0.670. The molecule has 18 heavy (non-hydrogen) atoms. The van der Waals surface area contributed by atoms with E-state index in [-0.39, 0.29) is 0 Å². The molecule has 2 fully saturated rings. The van der Waals surface area contributed by atoms with Gasteiger partial charge in [0.25, 0.3) is 0 Å². The Labute approximate surface area is 113 Å². The molecule has 2 saturated carbocycles. The van der Waals surface area contributed by atoms with Gasteiger partial charge in [-0.05, 0) is 50.5 Å². The standard InChI is InChI=1S/C16H32N2/c1-2-11-18(13-14-9-10-14)16(12-17)15-7-5-3-4-6-8-15/h14-16H,2-13,17H2,1H3. The molecule has 2 heteroatoms. The number of hydrogen-bond donors (Lipinski definition) is 1. The van der Waals surface area contributed by atoms with Crippen molar-refractivity contribution >= 4 is 0 Å². The predicted octanol–water partition coefficient (Wildman–Crippen LogP) is 3.41. The van der Waals surface area contributed by atoms with Gasteiger partial charge in [0.2, 0.25) is 0 Å². The van der Waals surface area contributed by atoms with Crippen LogP contribution in [0.1, 0.15) is 64.7 Å². The van der Waals surface area contributed by atoms with E-state index in [1.165, 1.54) is 70.9 Å². The molecule has 0 radical (unpaired) electrons. The van der Waals surface area contributed by atoms with Crippen molar-refractivity contribution in [2.45, 2.75) is 70.8 Å². The average molecular weight is 252 g/mol. The van der Waals surface area contributed by atoms with E-state index < -0.39 is 0 Å². The fourth-order valence-corrected chi connectivity index (χ4v) is 3.65. The number of nitrogens with zero attached hydrogens (tertiary/aromatic N) is 1. The zero-order chi connectivity index (χ0) is 12.8. The van der Waals surface area contributed by atoms with Gasteiger partial charge in [0.05, 0.1) is 0 Å². The number of hydrogen-bond acceptors (Lipinski definition) is 2. The number of nitrogens with two attached hydrogens (primary N) is 1. The van der Waals surface area contributed by atoms with Crippen LogP contribution in [0.2, 0.25) is 0 Å². The van der Waals surface area contributed by atoms with Gasteiger partial charge in [0, 0.05) is 19.1 Å². The monoisotopic (exact) mass is 252 g/mol. The van der Waals surface area contributed by atoms with Crippen LogP contribution in [-0.2, 0) is 0 Å². The first-order chi connectivity index (χ1) is 8.85. The van der Waals surface area contributed by atoms with Crippen LogP contribution in [0.3, 0.4) is 0 Å². The minimum Gasteiger partial charge on any atom is -0.329 e. The van der Waals surface area contributed by atoms with Gasteiger partial charge >= 0.3 is 0 Å². The Morgan fingerprint density at radius 1 is 1.06 bits per heavy atom. The second kappa shape index (κ2) is 7.49. The van der Waals surface area contributed by atoms with E-state index in [4.69, 9.17) is 5.73 Å². The summed E-state index contributed by atoms with van der Waals surface area (Å²) >= 11 is 0. The molecule has 1 unspecified atom stereocenters. The maximum Gasteiger partial charge on any atom is 0.0246 e. The molecule has 0 bridgehead atoms. The van der Waals surface area contributed by atoms with E-state index >= 15 is 0 Å². The maximum atomic E-state index is 6.14. The summed E-state index contributed by atoms with van der Waals surface area (Å²) in [4.78, 5) is 2.74. The van der Waals surface area contributed by atoms with E-state index in [2.05, 4.69) is 11.8 Å². The molecule has 1 atom stereocenters. The maximum absolute atomic E-state index is 6.14. The van der Waals surface area contributed by atoms with E-state index in [1.807, 2.05) is 0 Å². The van der Waals surface area contributed by atoms with Crippen molar-refractivity contribution in [1.29, 1.82) is 0 Å². The first-order valence-electron chi connectivity index (χ1n) is 8.29. The summed E-state index contributed by atoms with van der Waals surface area (Å²) in [5.41, 5.74) is 6.14. The Balaban J connectivity index is 1.92. The Hall–Kier alpha value is -0.0800. The van der Waals surface area contributed by atoms with E-state index in [0.717, 1.165) is 18.4 Å². The van der Waals surface area contributed by atoms with E-state index in [1.54, 1.807) is 0 Å².